The number of nitrogens with one attached hydrogen (secondary N) is 1. The molecular weight excluding hydrogens is 390 g/mol. The minimum Gasteiger partial charge on any atom is -0.493 e. The van der Waals surface area contributed by atoms with Gasteiger partial charge in [-0.25, -0.2) is 0 Å². The number of hydrogen-bond donors (Lipinski definition) is 1. The maximum absolute atomic E-state index is 12.4. The van der Waals surface area contributed by atoms with E-state index in [1.54, 1.807) is 31.4 Å². The Morgan fingerprint density at radius 1 is 0.806 bits per heavy atom. The van der Waals surface area contributed by atoms with Crippen LogP contribution in [-0.2, 0) is 6.54 Å². The molecule has 1 N–H and O–H groups in total. The summed E-state index contributed by atoms with van der Waals surface area (Å²) in [5.74, 6) is 1.43. The van der Waals surface area contributed by atoms with E-state index in [4.69, 9.17) is 9.47 Å². The Kier molecular flexibility index (Phi) is 6.18. The molecule has 154 valence electrons. The molecular formula is C25H21N3O3. The number of benzene rings is 3. The summed E-state index contributed by atoms with van der Waals surface area (Å²) < 4.78 is 11.0. The van der Waals surface area contributed by atoms with Crippen molar-refractivity contribution in [3.63, 3.8) is 0 Å². The Bertz CT molecular complexity index is 1140. The largest absolute Gasteiger partial charge is 0.493 e. The summed E-state index contributed by atoms with van der Waals surface area (Å²) >= 11 is 0. The van der Waals surface area contributed by atoms with Gasteiger partial charge in [0.25, 0.3) is 5.91 Å². The van der Waals surface area contributed by atoms with E-state index in [0.717, 1.165) is 11.1 Å². The molecule has 4 aromatic rings. The normalized spacial score (nSPS) is 10.4. The van der Waals surface area contributed by atoms with Crippen LogP contribution < -0.4 is 14.8 Å². The topological polar surface area (TPSA) is 73.3 Å². The van der Waals surface area contributed by atoms with E-state index in [2.05, 4.69) is 15.5 Å². The van der Waals surface area contributed by atoms with Crippen molar-refractivity contribution >= 4 is 5.91 Å². The summed E-state index contributed by atoms with van der Waals surface area (Å²) in [5.41, 5.74) is 3.18. The van der Waals surface area contributed by atoms with Gasteiger partial charge in [-0.1, -0.05) is 54.6 Å². The number of hydrogen-bond acceptors (Lipinski definition) is 5. The van der Waals surface area contributed by atoms with Crippen molar-refractivity contribution in [3.8, 4) is 28.6 Å². The van der Waals surface area contributed by atoms with Crippen LogP contribution in [0.25, 0.3) is 11.3 Å². The molecule has 6 nitrogen and oxygen atoms in total. The lowest BCUT2D eigenvalue weighted by atomic mass is 10.1. The van der Waals surface area contributed by atoms with E-state index in [9.17, 15) is 4.79 Å². The zero-order valence-electron chi connectivity index (χ0n) is 17.0. The summed E-state index contributed by atoms with van der Waals surface area (Å²) in [6.07, 6.45) is 0. The fraction of sp³-hybridized carbons (Fsp3) is 0.0800. The molecule has 0 atom stereocenters. The van der Waals surface area contributed by atoms with Crippen molar-refractivity contribution < 1.29 is 14.3 Å². The second kappa shape index (κ2) is 9.54. The molecule has 0 saturated carbocycles. The zero-order chi connectivity index (χ0) is 21.5. The van der Waals surface area contributed by atoms with Crippen molar-refractivity contribution in [3.05, 3.63) is 102 Å². The second-order valence-electron chi connectivity index (χ2n) is 6.76. The van der Waals surface area contributed by atoms with Crippen molar-refractivity contribution in [1.29, 1.82) is 0 Å². The van der Waals surface area contributed by atoms with Gasteiger partial charge in [-0.15, -0.1) is 10.2 Å². The highest BCUT2D eigenvalue weighted by atomic mass is 16.5. The third-order valence-electron chi connectivity index (χ3n) is 4.66. The van der Waals surface area contributed by atoms with Gasteiger partial charge in [0, 0.05) is 23.7 Å². The predicted molar refractivity (Wildman–Crippen MR) is 118 cm³/mol. The molecule has 0 aliphatic carbocycles. The Morgan fingerprint density at radius 2 is 1.52 bits per heavy atom. The van der Waals surface area contributed by atoms with E-state index in [1.165, 1.54) is 0 Å². The van der Waals surface area contributed by atoms with Crippen LogP contribution in [-0.4, -0.2) is 23.2 Å². The number of amides is 1. The summed E-state index contributed by atoms with van der Waals surface area (Å²) in [6, 6.07) is 28.0. The fourth-order valence-corrected chi connectivity index (χ4v) is 3.02. The Labute approximate surface area is 180 Å². The van der Waals surface area contributed by atoms with Crippen LogP contribution in [0, 0.1) is 0 Å². The highest BCUT2D eigenvalue weighted by Crippen LogP contribution is 2.30. The highest BCUT2D eigenvalue weighted by molar-refractivity contribution is 5.94. The molecule has 0 radical (unpaired) electrons. The summed E-state index contributed by atoms with van der Waals surface area (Å²) in [4.78, 5) is 12.4. The van der Waals surface area contributed by atoms with Gasteiger partial charge in [0.05, 0.1) is 12.8 Å². The lowest BCUT2D eigenvalue weighted by Gasteiger charge is -2.09. The predicted octanol–water partition coefficient (Wildman–Crippen LogP) is 4.87. The van der Waals surface area contributed by atoms with Crippen LogP contribution in [0.15, 0.2) is 91.0 Å². The molecule has 4 rings (SSSR count). The van der Waals surface area contributed by atoms with E-state index in [-0.39, 0.29) is 5.91 Å². The standard InChI is InChI=1S/C25H21N3O3/c1-30-22-9-5-6-10-23(22)31-24-16-15-21(27-28-24)19-11-13-20(14-12-19)25(29)26-17-18-7-3-2-4-8-18/h2-16H,17H2,1H3,(H,26,29). The van der Waals surface area contributed by atoms with Crippen LogP contribution in [0.1, 0.15) is 15.9 Å². The zero-order valence-corrected chi connectivity index (χ0v) is 17.0. The van der Waals surface area contributed by atoms with E-state index < -0.39 is 0 Å². The van der Waals surface area contributed by atoms with Gasteiger partial charge in [0.2, 0.25) is 5.88 Å². The van der Waals surface area contributed by atoms with Crippen LogP contribution >= 0.6 is 0 Å². The van der Waals surface area contributed by atoms with Gasteiger partial charge in [0.15, 0.2) is 11.5 Å². The molecule has 3 aromatic carbocycles. The first-order valence-corrected chi connectivity index (χ1v) is 9.80. The third-order valence-corrected chi connectivity index (χ3v) is 4.66. The maximum atomic E-state index is 12.4. The Balaban J connectivity index is 1.40. The van der Waals surface area contributed by atoms with Crippen LogP contribution in [0.3, 0.4) is 0 Å². The van der Waals surface area contributed by atoms with Gasteiger partial charge in [-0.05, 0) is 35.9 Å². The van der Waals surface area contributed by atoms with Crippen molar-refractivity contribution in [2.24, 2.45) is 0 Å². The number of rotatable bonds is 7. The highest BCUT2D eigenvalue weighted by Gasteiger charge is 2.09. The van der Waals surface area contributed by atoms with Crippen molar-refractivity contribution in [2.45, 2.75) is 6.54 Å². The SMILES string of the molecule is COc1ccccc1Oc1ccc(-c2ccc(C(=O)NCc3ccccc3)cc2)nn1. The minimum absolute atomic E-state index is 0.123. The van der Waals surface area contributed by atoms with E-state index in [0.29, 0.717) is 35.2 Å². The van der Waals surface area contributed by atoms with Crippen molar-refractivity contribution in [2.75, 3.05) is 7.11 Å². The lowest BCUT2D eigenvalue weighted by Crippen LogP contribution is -2.22. The monoisotopic (exact) mass is 411 g/mol. The van der Waals surface area contributed by atoms with Gasteiger partial charge in [-0.2, -0.15) is 0 Å². The summed E-state index contributed by atoms with van der Waals surface area (Å²) in [7, 11) is 1.59. The molecule has 31 heavy (non-hydrogen) atoms. The molecule has 6 heteroatoms. The van der Waals surface area contributed by atoms with Gasteiger partial charge in [-0.3, -0.25) is 4.79 Å². The second-order valence-corrected chi connectivity index (χ2v) is 6.76. The number of ether oxygens (including phenoxy) is 2. The molecule has 0 unspecified atom stereocenters. The molecule has 0 fully saturated rings. The third kappa shape index (κ3) is 5.05. The first kappa shape index (κ1) is 20.1. The quantitative estimate of drug-likeness (QED) is 0.469. The average molecular weight is 411 g/mol. The van der Waals surface area contributed by atoms with Gasteiger partial charge < -0.3 is 14.8 Å². The Hall–Kier alpha value is -4.19. The fourth-order valence-electron chi connectivity index (χ4n) is 3.02. The number of nitrogens with zero attached hydrogens (tertiary/aromatic N) is 2. The number of methoxy groups -OCH3 is 1. The summed E-state index contributed by atoms with van der Waals surface area (Å²) in [5, 5.41) is 11.3. The summed E-state index contributed by atoms with van der Waals surface area (Å²) in [6.45, 7) is 0.487. The van der Waals surface area contributed by atoms with Crippen LogP contribution in [0.5, 0.6) is 17.4 Å². The smallest absolute Gasteiger partial charge is 0.251 e. The van der Waals surface area contributed by atoms with Crippen LogP contribution in [0.2, 0.25) is 0 Å². The number of para-hydroxylation sites is 2. The Morgan fingerprint density at radius 3 is 2.19 bits per heavy atom. The molecule has 1 aromatic heterocycles. The number of carbonyl (C=O) groups is 1. The molecule has 1 amide bonds. The minimum atomic E-state index is -0.123. The molecule has 1 heterocycles. The lowest BCUT2D eigenvalue weighted by molar-refractivity contribution is 0.0951. The van der Waals surface area contributed by atoms with Gasteiger partial charge in [0.1, 0.15) is 0 Å². The van der Waals surface area contributed by atoms with Crippen molar-refractivity contribution in [1.82, 2.24) is 15.5 Å². The van der Waals surface area contributed by atoms with Crippen LogP contribution in [0.4, 0.5) is 0 Å². The first-order chi connectivity index (χ1) is 15.2. The molecule has 0 bridgehead atoms. The maximum Gasteiger partial charge on any atom is 0.251 e. The molecule has 0 spiro atoms. The first-order valence-electron chi connectivity index (χ1n) is 9.80. The van der Waals surface area contributed by atoms with Gasteiger partial charge >= 0.3 is 0 Å². The molecule has 0 aliphatic heterocycles. The van der Waals surface area contributed by atoms with E-state index >= 15 is 0 Å². The van der Waals surface area contributed by atoms with E-state index in [1.807, 2.05) is 66.7 Å². The average Bonchev–Trinajstić information content (AvgIpc) is 2.84. The number of carbonyl (C=O) groups excluding carboxylic acids is 1. The number of aromatic nitrogens is 2. The molecule has 0 saturated heterocycles. The molecule has 0 aliphatic rings.